The Balaban J connectivity index is 1.73. The first kappa shape index (κ1) is 13.8. The number of anilines is 1. The van der Waals surface area contributed by atoms with E-state index in [1.54, 1.807) is 6.20 Å². The standard InChI is InChI=1S/C15H14BrN5/c1-10-19-15(21-20-10)11-3-2-4-13(7-11)18-9-14-6-5-12(16)8-17-14/h2-8,18H,9H2,1H3,(H,19,20,21). The van der Waals surface area contributed by atoms with Crippen molar-refractivity contribution >= 4 is 21.6 Å². The van der Waals surface area contributed by atoms with Crippen LogP contribution >= 0.6 is 15.9 Å². The van der Waals surface area contributed by atoms with Crippen molar-refractivity contribution < 1.29 is 0 Å². The fourth-order valence-corrected chi connectivity index (χ4v) is 2.18. The molecule has 0 aliphatic rings. The minimum atomic E-state index is 0.670. The molecule has 0 radical (unpaired) electrons. The molecule has 2 aromatic heterocycles. The maximum Gasteiger partial charge on any atom is 0.181 e. The molecule has 0 saturated heterocycles. The maximum absolute atomic E-state index is 4.34. The molecule has 0 spiro atoms. The number of pyridine rings is 1. The Labute approximate surface area is 131 Å². The van der Waals surface area contributed by atoms with Crippen LogP contribution in [0.25, 0.3) is 11.4 Å². The third-order valence-electron chi connectivity index (χ3n) is 2.98. The second-order valence-electron chi connectivity index (χ2n) is 4.65. The number of halogens is 1. The van der Waals surface area contributed by atoms with Crippen LogP contribution in [0.5, 0.6) is 0 Å². The van der Waals surface area contributed by atoms with Crippen molar-refractivity contribution in [2.75, 3.05) is 5.32 Å². The average Bonchev–Trinajstić information content (AvgIpc) is 2.94. The molecule has 0 fully saturated rings. The van der Waals surface area contributed by atoms with Crippen molar-refractivity contribution in [1.82, 2.24) is 20.2 Å². The average molecular weight is 344 g/mol. The van der Waals surface area contributed by atoms with Gasteiger partial charge >= 0.3 is 0 Å². The summed E-state index contributed by atoms with van der Waals surface area (Å²) in [6.07, 6.45) is 1.80. The van der Waals surface area contributed by atoms with Gasteiger partial charge in [-0.25, -0.2) is 4.98 Å². The number of hydrogen-bond acceptors (Lipinski definition) is 4. The van der Waals surface area contributed by atoms with Crippen LogP contribution in [0.2, 0.25) is 0 Å². The van der Waals surface area contributed by atoms with Crippen LogP contribution in [0.15, 0.2) is 47.1 Å². The molecule has 1 aromatic carbocycles. The number of aryl methyl sites for hydroxylation is 1. The van der Waals surface area contributed by atoms with Gasteiger partial charge < -0.3 is 5.32 Å². The van der Waals surface area contributed by atoms with E-state index in [4.69, 9.17) is 0 Å². The number of benzene rings is 1. The molecule has 0 aliphatic heterocycles. The largest absolute Gasteiger partial charge is 0.379 e. The zero-order valence-corrected chi connectivity index (χ0v) is 13.1. The summed E-state index contributed by atoms with van der Waals surface area (Å²) in [5.74, 6) is 1.51. The molecule has 21 heavy (non-hydrogen) atoms. The van der Waals surface area contributed by atoms with Gasteiger partial charge in [-0.05, 0) is 47.1 Å². The third-order valence-corrected chi connectivity index (χ3v) is 3.45. The van der Waals surface area contributed by atoms with Crippen molar-refractivity contribution in [3.63, 3.8) is 0 Å². The van der Waals surface area contributed by atoms with E-state index in [1.807, 2.05) is 43.3 Å². The molecule has 0 aliphatic carbocycles. The van der Waals surface area contributed by atoms with Gasteiger partial charge in [-0.15, -0.1) is 0 Å². The van der Waals surface area contributed by atoms with E-state index in [1.165, 1.54) is 0 Å². The van der Waals surface area contributed by atoms with Gasteiger partial charge in [0.15, 0.2) is 5.82 Å². The number of nitrogens with zero attached hydrogens (tertiary/aromatic N) is 3. The predicted molar refractivity (Wildman–Crippen MR) is 85.8 cm³/mol. The Morgan fingerprint density at radius 1 is 1.24 bits per heavy atom. The van der Waals surface area contributed by atoms with Gasteiger partial charge in [0, 0.05) is 21.9 Å². The highest BCUT2D eigenvalue weighted by Crippen LogP contribution is 2.19. The van der Waals surface area contributed by atoms with Crippen LogP contribution in [-0.2, 0) is 6.54 Å². The Bertz CT molecular complexity index is 736. The lowest BCUT2D eigenvalue weighted by molar-refractivity contribution is 1.04. The van der Waals surface area contributed by atoms with E-state index in [0.29, 0.717) is 12.4 Å². The molecule has 2 N–H and O–H groups in total. The fraction of sp³-hybridized carbons (Fsp3) is 0.133. The van der Waals surface area contributed by atoms with Gasteiger partial charge in [0.25, 0.3) is 0 Å². The molecule has 3 aromatic rings. The van der Waals surface area contributed by atoms with Crippen molar-refractivity contribution in [3.05, 3.63) is 58.6 Å². The third kappa shape index (κ3) is 3.46. The highest BCUT2D eigenvalue weighted by Gasteiger charge is 2.04. The minimum Gasteiger partial charge on any atom is -0.379 e. The summed E-state index contributed by atoms with van der Waals surface area (Å²) in [5, 5.41) is 10.4. The lowest BCUT2D eigenvalue weighted by Gasteiger charge is -2.07. The van der Waals surface area contributed by atoms with Crippen LogP contribution in [0.3, 0.4) is 0 Å². The lowest BCUT2D eigenvalue weighted by atomic mass is 10.2. The Morgan fingerprint density at radius 2 is 2.14 bits per heavy atom. The topological polar surface area (TPSA) is 66.5 Å². The SMILES string of the molecule is Cc1nc(-c2cccc(NCc3ccc(Br)cn3)c2)n[nH]1. The van der Waals surface area contributed by atoms with Gasteiger partial charge in [-0.1, -0.05) is 12.1 Å². The van der Waals surface area contributed by atoms with Gasteiger partial charge in [0.1, 0.15) is 5.82 Å². The Hall–Kier alpha value is -2.21. The summed E-state index contributed by atoms with van der Waals surface area (Å²) in [6.45, 7) is 2.56. The summed E-state index contributed by atoms with van der Waals surface area (Å²) in [4.78, 5) is 8.68. The van der Waals surface area contributed by atoms with Crippen LogP contribution in [0.4, 0.5) is 5.69 Å². The van der Waals surface area contributed by atoms with Crippen molar-refractivity contribution in [2.45, 2.75) is 13.5 Å². The molecule has 5 nitrogen and oxygen atoms in total. The monoisotopic (exact) mass is 343 g/mol. The van der Waals surface area contributed by atoms with Crippen LogP contribution in [0.1, 0.15) is 11.5 Å². The van der Waals surface area contributed by atoms with Crippen molar-refractivity contribution in [2.24, 2.45) is 0 Å². The zero-order chi connectivity index (χ0) is 14.7. The van der Waals surface area contributed by atoms with Gasteiger partial charge in [-0.2, -0.15) is 5.10 Å². The summed E-state index contributed by atoms with van der Waals surface area (Å²) in [6, 6.07) is 12.0. The number of aromatic nitrogens is 4. The quantitative estimate of drug-likeness (QED) is 0.760. The number of rotatable bonds is 4. The smallest absolute Gasteiger partial charge is 0.181 e. The zero-order valence-electron chi connectivity index (χ0n) is 11.5. The first-order valence-corrected chi connectivity index (χ1v) is 7.34. The Kier molecular flexibility index (Phi) is 3.96. The molecule has 0 atom stereocenters. The first-order chi connectivity index (χ1) is 10.2. The van der Waals surface area contributed by atoms with Gasteiger partial charge in [0.05, 0.1) is 12.2 Å². The van der Waals surface area contributed by atoms with E-state index in [9.17, 15) is 0 Å². The van der Waals surface area contributed by atoms with E-state index in [2.05, 4.69) is 41.4 Å². The maximum atomic E-state index is 4.34. The highest BCUT2D eigenvalue weighted by atomic mass is 79.9. The molecular formula is C15H14BrN5. The molecule has 3 rings (SSSR count). The number of nitrogens with one attached hydrogen (secondary N) is 2. The van der Waals surface area contributed by atoms with Crippen molar-refractivity contribution in [3.8, 4) is 11.4 Å². The first-order valence-electron chi connectivity index (χ1n) is 6.54. The highest BCUT2D eigenvalue weighted by molar-refractivity contribution is 9.10. The fourth-order valence-electron chi connectivity index (χ4n) is 1.94. The van der Waals surface area contributed by atoms with E-state index in [-0.39, 0.29) is 0 Å². The number of hydrogen-bond donors (Lipinski definition) is 2. The molecule has 106 valence electrons. The second kappa shape index (κ2) is 6.05. The lowest BCUT2D eigenvalue weighted by Crippen LogP contribution is -2.01. The number of H-pyrrole nitrogens is 1. The second-order valence-corrected chi connectivity index (χ2v) is 5.56. The summed E-state index contributed by atoms with van der Waals surface area (Å²) < 4.78 is 0.980. The predicted octanol–water partition coefficient (Wildman–Crippen LogP) is 3.55. The van der Waals surface area contributed by atoms with Crippen LogP contribution in [0, 0.1) is 6.92 Å². The van der Waals surface area contributed by atoms with Gasteiger partial charge in [0.2, 0.25) is 0 Å². The van der Waals surface area contributed by atoms with Crippen LogP contribution < -0.4 is 5.32 Å². The molecule has 2 heterocycles. The molecule has 0 amide bonds. The molecule has 6 heteroatoms. The molecule has 0 saturated carbocycles. The molecular weight excluding hydrogens is 330 g/mol. The van der Waals surface area contributed by atoms with Crippen molar-refractivity contribution in [1.29, 1.82) is 0 Å². The normalized spacial score (nSPS) is 10.6. The van der Waals surface area contributed by atoms with E-state index < -0.39 is 0 Å². The number of aromatic amines is 1. The minimum absolute atomic E-state index is 0.670. The summed E-state index contributed by atoms with van der Waals surface area (Å²) in [5.41, 5.74) is 2.98. The van der Waals surface area contributed by atoms with E-state index in [0.717, 1.165) is 27.2 Å². The van der Waals surface area contributed by atoms with Gasteiger partial charge in [-0.3, -0.25) is 10.1 Å². The Morgan fingerprint density at radius 3 is 2.86 bits per heavy atom. The van der Waals surface area contributed by atoms with E-state index >= 15 is 0 Å². The van der Waals surface area contributed by atoms with Crippen LogP contribution in [-0.4, -0.2) is 20.2 Å². The molecule has 0 unspecified atom stereocenters. The summed E-state index contributed by atoms with van der Waals surface area (Å²) >= 11 is 3.38. The summed E-state index contributed by atoms with van der Waals surface area (Å²) in [7, 11) is 0. The molecule has 0 bridgehead atoms.